The molecule has 0 aliphatic carbocycles. The first kappa shape index (κ1) is 21.0. The lowest BCUT2D eigenvalue weighted by molar-refractivity contribution is -0.132. The highest BCUT2D eigenvalue weighted by atomic mass is 127. The average molecular weight is 459 g/mol. The van der Waals surface area contributed by atoms with E-state index >= 15 is 0 Å². The van der Waals surface area contributed by atoms with Crippen molar-refractivity contribution in [2.45, 2.75) is 32.4 Å². The lowest BCUT2D eigenvalue weighted by atomic mass is 10.0. The SMILES string of the molecule is CCNC(=NCCC(F)(F)F)N1CCC(Cc2cnn(C)c2)C1.I. The van der Waals surface area contributed by atoms with Gasteiger partial charge in [0.1, 0.15) is 0 Å². The van der Waals surface area contributed by atoms with Crippen LogP contribution < -0.4 is 5.32 Å². The summed E-state index contributed by atoms with van der Waals surface area (Å²) in [4.78, 5) is 6.18. The smallest absolute Gasteiger partial charge is 0.357 e. The first-order chi connectivity index (χ1) is 10.9. The maximum atomic E-state index is 12.3. The van der Waals surface area contributed by atoms with Crippen LogP contribution in [0.25, 0.3) is 0 Å². The Morgan fingerprint density at radius 3 is 2.79 bits per heavy atom. The van der Waals surface area contributed by atoms with Gasteiger partial charge in [0, 0.05) is 32.9 Å². The van der Waals surface area contributed by atoms with Crippen LogP contribution in [-0.4, -0.2) is 53.0 Å². The van der Waals surface area contributed by atoms with Crippen LogP contribution in [0.5, 0.6) is 0 Å². The minimum absolute atomic E-state index is 0. The van der Waals surface area contributed by atoms with E-state index in [1.807, 2.05) is 26.4 Å². The molecule has 1 fully saturated rings. The van der Waals surface area contributed by atoms with Crippen LogP contribution in [0.4, 0.5) is 13.2 Å². The number of hydrogen-bond acceptors (Lipinski definition) is 2. The minimum Gasteiger partial charge on any atom is -0.357 e. The number of aromatic nitrogens is 2. The molecule has 0 bridgehead atoms. The number of rotatable bonds is 5. The van der Waals surface area contributed by atoms with Crippen molar-refractivity contribution in [1.82, 2.24) is 20.0 Å². The summed E-state index contributed by atoms with van der Waals surface area (Å²) in [6.45, 7) is 3.97. The fourth-order valence-corrected chi connectivity index (χ4v) is 2.82. The topological polar surface area (TPSA) is 45.5 Å². The third kappa shape index (κ3) is 6.86. The minimum atomic E-state index is -4.16. The van der Waals surface area contributed by atoms with E-state index in [1.165, 1.54) is 5.56 Å². The Morgan fingerprint density at radius 2 is 2.21 bits per heavy atom. The Hall–Kier alpha value is -1.00. The quantitative estimate of drug-likeness (QED) is 0.419. The number of nitrogens with zero attached hydrogens (tertiary/aromatic N) is 4. The number of hydrogen-bond donors (Lipinski definition) is 1. The van der Waals surface area contributed by atoms with E-state index in [2.05, 4.69) is 20.3 Å². The monoisotopic (exact) mass is 459 g/mol. The second kappa shape index (κ2) is 9.47. The number of nitrogens with one attached hydrogen (secondary N) is 1. The van der Waals surface area contributed by atoms with Gasteiger partial charge in [-0.2, -0.15) is 18.3 Å². The van der Waals surface area contributed by atoms with Gasteiger partial charge in [0.15, 0.2) is 5.96 Å². The Balaban J connectivity index is 0.00000288. The number of halogens is 4. The van der Waals surface area contributed by atoms with Gasteiger partial charge in [0.2, 0.25) is 0 Å². The van der Waals surface area contributed by atoms with E-state index in [1.54, 1.807) is 4.68 Å². The molecule has 1 aliphatic rings. The summed E-state index contributed by atoms with van der Waals surface area (Å²) >= 11 is 0. The van der Waals surface area contributed by atoms with Crippen LogP contribution in [0.3, 0.4) is 0 Å². The number of guanidine groups is 1. The highest BCUT2D eigenvalue weighted by Gasteiger charge is 2.28. The van der Waals surface area contributed by atoms with E-state index in [4.69, 9.17) is 0 Å². The second-order valence-corrected chi connectivity index (χ2v) is 5.93. The van der Waals surface area contributed by atoms with Crippen LogP contribution in [0.1, 0.15) is 25.3 Å². The van der Waals surface area contributed by atoms with Gasteiger partial charge in [0.05, 0.1) is 19.2 Å². The summed E-state index contributed by atoms with van der Waals surface area (Å²) in [6, 6.07) is 0. The highest BCUT2D eigenvalue weighted by Crippen LogP contribution is 2.22. The summed E-state index contributed by atoms with van der Waals surface area (Å²) in [5, 5.41) is 7.26. The zero-order chi connectivity index (χ0) is 16.9. The summed E-state index contributed by atoms with van der Waals surface area (Å²) in [5.74, 6) is 1.07. The van der Waals surface area contributed by atoms with Crippen molar-refractivity contribution in [2.75, 3.05) is 26.2 Å². The van der Waals surface area contributed by atoms with Gasteiger partial charge in [-0.15, -0.1) is 24.0 Å². The Morgan fingerprint density at radius 1 is 1.46 bits per heavy atom. The predicted octanol–water partition coefficient (Wildman–Crippen LogP) is 2.82. The molecule has 1 atom stereocenters. The standard InChI is InChI=1S/C15H24F3N5.HI/c1-3-19-14(20-6-5-15(16,17)18)23-7-4-12(11-23)8-13-9-21-22(2)10-13;/h9-10,12H,3-8,11H2,1-2H3,(H,19,20);1H. The van der Waals surface area contributed by atoms with Crippen molar-refractivity contribution in [1.29, 1.82) is 0 Å². The molecular weight excluding hydrogens is 434 g/mol. The Bertz CT molecular complexity index is 529. The van der Waals surface area contributed by atoms with Crippen LogP contribution >= 0.6 is 24.0 Å². The van der Waals surface area contributed by atoms with Crippen LogP contribution in [0.15, 0.2) is 17.4 Å². The van der Waals surface area contributed by atoms with E-state index in [0.29, 0.717) is 18.4 Å². The van der Waals surface area contributed by atoms with Crippen molar-refractivity contribution in [2.24, 2.45) is 18.0 Å². The van der Waals surface area contributed by atoms with Gasteiger partial charge >= 0.3 is 6.18 Å². The zero-order valence-corrected chi connectivity index (χ0v) is 16.3. The molecule has 0 radical (unpaired) electrons. The zero-order valence-electron chi connectivity index (χ0n) is 14.0. The molecule has 5 nitrogen and oxygen atoms in total. The van der Waals surface area contributed by atoms with Gasteiger partial charge < -0.3 is 10.2 Å². The molecule has 0 saturated carbocycles. The summed E-state index contributed by atoms with van der Waals surface area (Å²) in [5.41, 5.74) is 1.19. The van der Waals surface area contributed by atoms with E-state index in [0.717, 1.165) is 25.9 Å². The molecule has 2 heterocycles. The van der Waals surface area contributed by atoms with Crippen molar-refractivity contribution in [3.63, 3.8) is 0 Å². The normalized spacial score (nSPS) is 18.6. The van der Waals surface area contributed by atoms with Gasteiger partial charge in [-0.05, 0) is 31.2 Å². The maximum absolute atomic E-state index is 12.3. The molecular formula is C15H25F3IN5. The van der Waals surface area contributed by atoms with Crippen LogP contribution in [-0.2, 0) is 13.5 Å². The van der Waals surface area contributed by atoms with Crippen molar-refractivity contribution >= 4 is 29.9 Å². The molecule has 1 unspecified atom stereocenters. The van der Waals surface area contributed by atoms with Crippen molar-refractivity contribution in [3.05, 3.63) is 18.0 Å². The number of aryl methyl sites for hydroxylation is 1. The molecule has 138 valence electrons. The molecule has 0 aromatic carbocycles. The summed E-state index contributed by atoms with van der Waals surface area (Å²) in [6.07, 6.45) is 0.783. The van der Waals surface area contributed by atoms with Crippen LogP contribution in [0.2, 0.25) is 0 Å². The predicted molar refractivity (Wildman–Crippen MR) is 98.7 cm³/mol. The highest BCUT2D eigenvalue weighted by molar-refractivity contribution is 14.0. The molecule has 24 heavy (non-hydrogen) atoms. The Labute approximate surface area is 157 Å². The molecule has 2 rings (SSSR count). The largest absolute Gasteiger partial charge is 0.390 e. The van der Waals surface area contributed by atoms with Crippen molar-refractivity contribution < 1.29 is 13.2 Å². The van der Waals surface area contributed by atoms with Gasteiger partial charge in [-0.3, -0.25) is 9.67 Å². The fraction of sp³-hybridized carbons (Fsp3) is 0.733. The molecule has 1 N–H and O–H groups in total. The molecule has 0 amide bonds. The molecule has 9 heteroatoms. The molecule has 1 saturated heterocycles. The summed E-state index contributed by atoms with van der Waals surface area (Å²) in [7, 11) is 1.89. The third-order valence-electron chi connectivity index (χ3n) is 3.86. The van der Waals surface area contributed by atoms with Crippen molar-refractivity contribution in [3.8, 4) is 0 Å². The first-order valence-corrected chi connectivity index (χ1v) is 7.95. The molecule has 1 aromatic heterocycles. The van der Waals surface area contributed by atoms with E-state index in [9.17, 15) is 13.2 Å². The van der Waals surface area contributed by atoms with E-state index < -0.39 is 12.6 Å². The summed E-state index contributed by atoms with van der Waals surface area (Å²) < 4.78 is 38.6. The number of alkyl halides is 3. The molecule has 0 spiro atoms. The van der Waals surface area contributed by atoms with Crippen LogP contribution in [0, 0.1) is 5.92 Å². The molecule has 1 aromatic rings. The van der Waals surface area contributed by atoms with E-state index in [-0.39, 0.29) is 30.5 Å². The van der Waals surface area contributed by atoms with Gasteiger partial charge in [-0.1, -0.05) is 0 Å². The average Bonchev–Trinajstić information content (AvgIpc) is 3.06. The number of likely N-dealkylation sites (tertiary alicyclic amines) is 1. The lowest BCUT2D eigenvalue weighted by Crippen LogP contribution is -2.40. The maximum Gasteiger partial charge on any atom is 0.390 e. The number of aliphatic imine (C=N–C) groups is 1. The second-order valence-electron chi connectivity index (χ2n) is 5.93. The molecule has 1 aliphatic heterocycles. The third-order valence-corrected chi connectivity index (χ3v) is 3.86. The fourth-order valence-electron chi connectivity index (χ4n) is 2.82. The first-order valence-electron chi connectivity index (χ1n) is 7.95. The Kier molecular flexibility index (Phi) is 8.31. The van der Waals surface area contributed by atoms with Gasteiger partial charge in [-0.25, -0.2) is 0 Å². The lowest BCUT2D eigenvalue weighted by Gasteiger charge is -2.21. The van der Waals surface area contributed by atoms with Gasteiger partial charge in [0.25, 0.3) is 0 Å².